The standard InChI is InChI=1S/C51H55NO18/c1-25-35-41(66-26(2)53)44(59)50(6)32(56)23-33-51(24-65-33,70-27(3)54)43(50)40(69-47(63)30-20-14-9-15-21-30)36(49(35,4)5)38(58)39(25)68-48(64)42(67-34(57)22-31(55)46(61)62)37(28-16-10-7-11-17-28)52-45(60)29-18-12-8-13-19-29/h7-21,31-33,36-43,55-56,58H,22-24H2,1-6H3,(H,52,60)(H,61,62)/t31-,32+,33-,36?,37+,38-,39-,40?,41-,42-,43?,50-,51+/m1/s1. The Bertz CT molecular complexity index is 2570. The molecule has 0 radical (unpaired) electrons. The van der Waals surface area contributed by atoms with Gasteiger partial charge in [0.15, 0.2) is 23.6 Å². The minimum atomic E-state index is -2.27. The number of hydrogen-bond acceptors (Lipinski definition) is 17. The van der Waals surface area contributed by atoms with Crippen molar-refractivity contribution in [2.45, 2.75) is 115 Å². The molecule has 372 valence electrons. The Balaban J connectivity index is 1.42. The Morgan fingerprint density at radius 1 is 0.814 bits per heavy atom. The van der Waals surface area contributed by atoms with Crippen molar-refractivity contribution in [1.29, 1.82) is 0 Å². The van der Waals surface area contributed by atoms with Gasteiger partial charge in [-0.25, -0.2) is 14.4 Å². The molecule has 3 unspecified atom stereocenters. The third kappa shape index (κ3) is 9.33. The number of amides is 1. The molecule has 1 saturated heterocycles. The van der Waals surface area contributed by atoms with Crippen molar-refractivity contribution in [3.05, 3.63) is 119 Å². The van der Waals surface area contributed by atoms with Crippen LogP contribution in [-0.2, 0) is 57.2 Å². The van der Waals surface area contributed by atoms with Crippen molar-refractivity contribution < 1.29 is 87.2 Å². The number of rotatable bonds is 14. The Hall–Kier alpha value is -6.80. The zero-order valence-electron chi connectivity index (χ0n) is 39.1. The largest absolute Gasteiger partial charge is 0.479 e. The lowest BCUT2D eigenvalue weighted by atomic mass is 9.45. The van der Waals surface area contributed by atoms with Gasteiger partial charge in [0.2, 0.25) is 6.10 Å². The average Bonchev–Trinajstić information content (AvgIpc) is 3.31. The third-order valence-corrected chi connectivity index (χ3v) is 14.2. The van der Waals surface area contributed by atoms with E-state index in [0.717, 1.165) is 13.8 Å². The van der Waals surface area contributed by atoms with Crippen molar-refractivity contribution >= 4 is 47.5 Å². The highest BCUT2D eigenvalue weighted by Gasteiger charge is 2.76. The highest BCUT2D eigenvalue weighted by atomic mass is 16.6. The number of benzene rings is 3. The van der Waals surface area contributed by atoms with Crippen LogP contribution in [0, 0.1) is 22.7 Å². The molecule has 3 aromatic rings. The smallest absolute Gasteiger partial charge is 0.350 e. The molecule has 1 aliphatic heterocycles. The molecule has 3 aliphatic carbocycles. The van der Waals surface area contributed by atoms with Gasteiger partial charge in [0.25, 0.3) is 5.91 Å². The maximum atomic E-state index is 15.7. The van der Waals surface area contributed by atoms with E-state index in [2.05, 4.69) is 5.32 Å². The van der Waals surface area contributed by atoms with E-state index in [1.807, 2.05) is 0 Å². The summed E-state index contributed by atoms with van der Waals surface area (Å²) < 4.78 is 36.2. The molecule has 4 aliphatic rings. The molecule has 7 rings (SSSR count). The molecule has 0 aromatic heterocycles. The number of aliphatic hydroxyl groups is 3. The zero-order chi connectivity index (χ0) is 51.0. The first kappa shape index (κ1) is 51.1. The molecule has 3 fully saturated rings. The Morgan fingerprint density at radius 2 is 1.40 bits per heavy atom. The molecule has 19 heteroatoms. The van der Waals surface area contributed by atoms with Gasteiger partial charge in [-0.1, -0.05) is 80.6 Å². The second-order valence-electron chi connectivity index (χ2n) is 18.8. The lowest BCUT2D eigenvalue weighted by Crippen LogP contribution is -2.80. The minimum absolute atomic E-state index is 0.0166. The Kier molecular flexibility index (Phi) is 14.5. The van der Waals surface area contributed by atoms with Gasteiger partial charge in [-0.15, -0.1) is 0 Å². The van der Waals surface area contributed by atoms with Gasteiger partial charge < -0.3 is 54.2 Å². The number of aliphatic hydroxyl groups excluding tert-OH is 3. The fourth-order valence-electron chi connectivity index (χ4n) is 11.0. The second kappa shape index (κ2) is 19.9. The van der Waals surface area contributed by atoms with E-state index >= 15 is 9.59 Å². The maximum Gasteiger partial charge on any atom is 0.350 e. The van der Waals surface area contributed by atoms with Crippen LogP contribution in [0.1, 0.15) is 86.7 Å². The van der Waals surface area contributed by atoms with Gasteiger partial charge in [-0.2, -0.15) is 0 Å². The molecule has 19 nitrogen and oxygen atoms in total. The van der Waals surface area contributed by atoms with Crippen LogP contribution in [0.25, 0.3) is 0 Å². The van der Waals surface area contributed by atoms with Crippen LogP contribution >= 0.6 is 0 Å². The molecule has 0 spiro atoms. The normalized spacial score (nSPS) is 29.9. The van der Waals surface area contributed by atoms with Gasteiger partial charge in [0.1, 0.15) is 30.5 Å². The van der Waals surface area contributed by atoms with Gasteiger partial charge in [0.05, 0.1) is 36.0 Å². The van der Waals surface area contributed by atoms with Crippen molar-refractivity contribution in [2.24, 2.45) is 22.7 Å². The number of ether oxygens (including phenoxy) is 6. The number of fused-ring (bicyclic) bond motifs is 5. The highest BCUT2D eigenvalue weighted by molar-refractivity contribution is 5.96. The SMILES string of the molecule is CC(=O)O[C@H]1C(=O)[C@@]2(C)C(C(OC(=O)c3ccccc3)C3[C@@H](O)[C@H](OC(=O)[C@H](OC(=O)C[C@@H](O)C(=O)O)[C@@H](NC(=O)c4ccccc4)c4ccccc4)C(C)=C1C3(C)C)[C@]1(OC(C)=O)CO[C@@H]1C[C@@H]2O. The van der Waals surface area contributed by atoms with Crippen molar-refractivity contribution in [2.75, 3.05) is 6.61 Å². The lowest BCUT2D eigenvalue weighted by Gasteiger charge is -2.66. The topological polar surface area (TPSA) is 285 Å². The van der Waals surface area contributed by atoms with E-state index in [1.54, 1.807) is 68.4 Å². The molecular formula is C51H55NO18. The molecule has 5 N–H and O–H groups in total. The predicted molar refractivity (Wildman–Crippen MR) is 240 cm³/mol. The molecule has 13 atom stereocenters. The van der Waals surface area contributed by atoms with Crippen LogP contribution in [0.2, 0.25) is 0 Å². The van der Waals surface area contributed by atoms with E-state index in [0.29, 0.717) is 0 Å². The van der Waals surface area contributed by atoms with Crippen LogP contribution in [-0.4, -0.2) is 129 Å². The summed E-state index contributed by atoms with van der Waals surface area (Å²) in [6, 6.07) is 21.6. The first-order valence-corrected chi connectivity index (χ1v) is 22.6. The average molecular weight is 970 g/mol. The molecule has 70 heavy (non-hydrogen) atoms. The number of carboxylic acids is 1. The third-order valence-electron chi connectivity index (χ3n) is 14.2. The molecule has 1 heterocycles. The number of carbonyl (C=O) groups excluding carboxylic acids is 7. The number of carbonyl (C=O) groups is 8. The quantitative estimate of drug-likeness (QED) is 0.0882. The Labute approximate surface area is 402 Å². The fraction of sp³-hybridized carbons (Fsp3) is 0.451. The van der Waals surface area contributed by atoms with Crippen LogP contribution in [0.5, 0.6) is 0 Å². The van der Waals surface area contributed by atoms with Crippen LogP contribution in [0.15, 0.2) is 102 Å². The summed E-state index contributed by atoms with van der Waals surface area (Å²) in [6.07, 6.45) is -16.0. The van der Waals surface area contributed by atoms with Crippen LogP contribution < -0.4 is 5.32 Å². The van der Waals surface area contributed by atoms with Crippen molar-refractivity contribution in [3.8, 4) is 0 Å². The predicted octanol–water partition coefficient (Wildman–Crippen LogP) is 2.98. The number of esters is 5. The zero-order valence-corrected chi connectivity index (χ0v) is 39.1. The van der Waals surface area contributed by atoms with E-state index in [9.17, 15) is 49.2 Å². The number of ketones is 1. The summed E-state index contributed by atoms with van der Waals surface area (Å²) in [6.45, 7) is 7.77. The number of carboxylic acid groups (broad SMARTS) is 1. The lowest BCUT2D eigenvalue weighted by molar-refractivity contribution is -0.337. The first-order valence-electron chi connectivity index (χ1n) is 22.6. The minimum Gasteiger partial charge on any atom is -0.479 e. The summed E-state index contributed by atoms with van der Waals surface area (Å²) in [5.74, 6) is -12.0. The van der Waals surface area contributed by atoms with Gasteiger partial charge >= 0.3 is 35.8 Å². The number of aliphatic carboxylic acids is 1. The fourth-order valence-corrected chi connectivity index (χ4v) is 11.0. The monoisotopic (exact) mass is 969 g/mol. The summed E-state index contributed by atoms with van der Waals surface area (Å²) >= 11 is 0. The number of Topliss-reactive ketones (excluding diaryl/α,β-unsaturated/α-hetero) is 1. The summed E-state index contributed by atoms with van der Waals surface area (Å²) in [4.78, 5) is 110. The second-order valence-corrected chi connectivity index (χ2v) is 18.8. The van der Waals surface area contributed by atoms with Gasteiger partial charge in [0, 0.05) is 31.7 Å². The van der Waals surface area contributed by atoms with E-state index in [-0.39, 0.29) is 40.9 Å². The van der Waals surface area contributed by atoms with E-state index in [4.69, 9.17) is 28.4 Å². The van der Waals surface area contributed by atoms with Gasteiger partial charge in [-0.3, -0.25) is 24.0 Å². The number of hydrogen-bond donors (Lipinski definition) is 5. The molecule has 2 saturated carbocycles. The highest BCUT2D eigenvalue weighted by Crippen LogP contribution is 2.63. The summed E-state index contributed by atoms with van der Waals surface area (Å²) in [5, 5.41) is 47.4. The van der Waals surface area contributed by atoms with Crippen molar-refractivity contribution in [1.82, 2.24) is 5.32 Å². The molecule has 2 bridgehead atoms. The van der Waals surface area contributed by atoms with Crippen molar-refractivity contribution in [3.63, 3.8) is 0 Å². The maximum absolute atomic E-state index is 15.7. The summed E-state index contributed by atoms with van der Waals surface area (Å²) in [5.41, 5.74) is -5.17. The molecule has 1 amide bonds. The van der Waals surface area contributed by atoms with Crippen LogP contribution in [0.3, 0.4) is 0 Å². The first-order chi connectivity index (χ1) is 33.0. The molecular weight excluding hydrogens is 915 g/mol. The van der Waals surface area contributed by atoms with E-state index < -0.39 is 137 Å². The van der Waals surface area contributed by atoms with Crippen LogP contribution in [0.4, 0.5) is 0 Å². The van der Waals surface area contributed by atoms with Gasteiger partial charge in [-0.05, 0) is 60.2 Å². The summed E-state index contributed by atoms with van der Waals surface area (Å²) in [7, 11) is 0. The Morgan fingerprint density at radius 3 is 1.94 bits per heavy atom. The molecule has 3 aromatic carbocycles. The number of nitrogens with one attached hydrogen (secondary N) is 1. The van der Waals surface area contributed by atoms with E-state index in [1.165, 1.54) is 50.2 Å².